The number of imidazole rings is 1. The number of likely N-dealkylation sites (N-methyl/N-ethyl adjacent to an activating group) is 1. The van der Waals surface area contributed by atoms with Crippen molar-refractivity contribution < 1.29 is 20.1 Å². The number of benzene rings is 1. The number of nitrogens with zero attached hydrogens (tertiary/aromatic N) is 5. The van der Waals surface area contributed by atoms with Crippen LogP contribution in [0.3, 0.4) is 0 Å². The highest BCUT2D eigenvalue weighted by atomic mass is 16.6. The number of ether oxygens (including phenoxy) is 1. The third-order valence-corrected chi connectivity index (χ3v) is 5.69. The number of aliphatic hydroxyl groups is 2. The molecule has 0 bridgehead atoms. The second kappa shape index (κ2) is 9.76. The molecule has 11 nitrogen and oxygen atoms in total. The standard InChI is InChI=1S/C21H29N7O4/c1-27(9-8-23-7-6-13-2-4-14(29)5-3-13)10-15-17(30)18(31)21(32-15)28-12-26-16-19(22)24-11-25-20(16)28/h2-5,11-12,15,17-18,21,23,29-31H,6-10H2,1H3,(H2,22,24,25)/t15-,17-,18-,21-/m1/s1. The minimum Gasteiger partial charge on any atom is -0.508 e. The van der Waals surface area contributed by atoms with E-state index in [0.29, 0.717) is 17.7 Å². The van der Waals surface area contributed by atoms with E-state index in [1.807, 2.05) is 24.1 Å². The fourth-order valence-corrected chi connectivity index (χ4v) is 3.85. The number of nitrogens with two attached hydrogens (primary N) is 1. The summed E-state index contributed by atoms with van der Waals surface area (Å²) in [5.41, 5.74) is 7.86. The number of aliphatic hydroxyl groups excluding tert-OH is 2. The first kappa shape index (κ1) is 22.4. The van der Waals surface area contributed by atoms with E-state index in [1.54, 1.807) is 16.7 Å². The smallest absolute Gasteiger partial charge is 0.167 e. The molecule has 6 N–H and O–H groups in total. The first-order valence-electron chi connectivity index (χ1n) is 10.6. The SMILES string of the molecule is CN(CCNCCc1ccc(O)cc1)C[C@H]1O[C@@H](n2cnc3c(N)ncnc32)[C@H](O)[C@@H]1O. The van der Waals surface area contributed by atoms with E-state index in [-0.39, 0.29) is 11.6 Å². The van der Waals surface area contributed by atoms with E-state index in [1.165, 1.54) is 12.7 Å². The van der Waals surface area contributed by atoms with E-state index >= 15 is 0 Å². The molecule has 11 heteroatoms. The number of hydrogen-bond acceptors (Lipinski definition) is 10. The van der Waals surface area contributed by atoms with Gasteiger partial charge in [-0.25, -0.2) is 15.0 Å². The number of nitrogens with one attached hydrogen (secondary N) is 1. The van der Waals surface area contributed by atoms with Gasteiger partial charge in [-0.1, -0.05) is 12.1 Å². The molecular formula is C21H29N7O4. The van der Waals surface area contributed by atoms with Crippen LogP contribution >= 0.6 is 0 Å². The maximum atomic E-state index is 10.6. The van der Waals surface area contributed by atoms with Crippen LogP contribution in [0.25, 0.3) is 11.2 Å². The fourth-order valence-electron chi connectivity index (χ4n) is 3.85. The second-order valence-corrected chi connectivity index (χ2v) is 8.06. The summed E-state index contributed by atoms with van der Waals surface area (Å²) in [6.07, 6.45) is 0.148. The van der Waals surface area contributed by atoms with Crippen LogP contribution in [0.4, 0.5) is 5.82 Å². The summed E-state index contributed by atoms with van der Waals surface area (Å²) in [5, 5.41) is 33.8. The molecule has 2 aromatic heterocycles. The number of aromatic hydroxyl groups is 1. The first-order chi connectivity index (χ1) is 15.4. The Bertz CT molecular complexity index is 1030. The van der Waals surface area contributed by atoms with Gasteiger partial charge in [0.1, 0.15) is 35.9 Å². The third-order valence-electron chi connectivity index (χ3n) is 5.69. The summed E-state index contributed by atoms with van der Waals surface area (Å²) in [6, 6.07) is 7.19. The summed E-state index contributed by atoms with van der Waals surface area (Å²) in [5.74, 6) is 0.515. The molecule has 3 aromatic rings. The number of phenols is 1. The largest absolute Gasteiger partial charge is 0.508 e. The molecule has 172 valence electrons. The summed E-state index contributed by atoms with van der Waals surface area (Å²) >= 11 is 0. The van der Waals surface area contributed by atoms with Gasteiger partial charge in [0.05, 0.1) is 6.33 Å². The number of fused-ring (bicyclic) bond motifs is 1. The highest BCUT2D eigenvalue weighted by molar-refractivity contribution is 5.81. The average molecular weight is 444 g/mol. The molecule has 4 atom stereocenters. The van der Waals surface area contributed by atoms with Crippen molar-refractivity contribution in [3.05, 3.63) is 42.5 Å². The topological polar surface area (TPSA) is 155 Å². The number of phenolic OH excluding ortho intramolecular Hbond substituents is 1. The van der Waals surface area contributed by atoms with Gasteiger partial charge < -0.3 is 36.0 Å². The van der Waals surface area contributed by atoms with E-state index in [2.05, 4.69) is 20.3 Å². The molecule has 1 saturated heterocycles. The van der Waals surface area contributed by atoms with Crippen LogP contribution in [0, 0.1) is 0 Å². The Kier molecular flexibility index (Phi) is 6.82. The van der Waals surface area contributed by atoms with Gasteiger partial charge in [-0.2, -0.15) is 0 Å². The summed E-state index contributed by atoms with van der Waals surface area (Å²) in [4.78, 5) is 14.3. The molecule has 1 aliphatic rings. The molecule has 3 heterocycles. The molecule has 1 aliphatic heterocycles. The van der Waals surface area contributed by atoms with Crippen molar-refractivity contribution in [2.24, 2.45) is 0 Å². The van der Waals surface area contributed by atoms with Crippen LogP contribution < -0.4 is 11.1 Å². The number of rotatable bonds is 9. The van der Waals surface area contributed by atoms with Gasteiger partial charge in [0, 0.05) is 19.6 Å². The Morgan fingerprint density at radius 2 is 1.91 bits per heavy atom. The van der Waals surface area contributed by atoms with Gasteiger partial charge in [-0.15, -0.1) is 0 Å². The molecule has 0 spiro atoms. The van der Waals surface area contributed by atoms with Gasteiger partial charge in [0.2, 0.25) is 0 Å². The van der Waals surface area contributed by atoms with Gasteiger partial charge in [-0.3, -0.25) is 4.57 Å². The Morgan fingerprint density at radius 3 is 2.69 bits per heavy atom. The molecule has 1 aromatic carbocycles. The van der Waals surface area contributed by atoms with E-state index in [0.717, 1.165) is 31.6 Å². The van der Waals surface area contributed by atoms with Gasteiger partial charge in [0.15, 0.2) is 17.7 Å². The minimum atomic E-state index is -1.12. The van der Waals surface area contributed by atoms with Crippen LogP contribution in [0.15, 0.2) is 36.9 Å². The van der Waals surface area contributed by atoms with Crippen molar-refractivity contribution >= 4 is 17.0 Å². The van der Waals surface area contributed by atoms with Crippen molar-refractivity contribution in [3.63, 3.8) is 0 Å². The molecule has 0 unspecified atom stereocenters. The van der Waals surface area contributed by atoms with Crippen LogP contribution in [0.5, 0.6) is 5.75 Å². The molecule has 1 fully saturated rings. The molecular weight excluding hydrogens is 414 g/mol. The van der Waals surface area contributed by atoms with Gasteiger partial charge in [-0.05, 0) is 37.7 Å². The maximum absolute atomic E-state index is 10.6. The second-order valence-electron chi connectivity index (χ2n) is 8.06. The molecule has 0 aliphatic carbocycles. The van der Waals surface area contributed by atoms with Gasteiger partial charge in [0.25, 0.3) is 0 Å². The molecule has 32 heavy (non-hydrogen) atoms. The van der Waals surface area contributed by atoms with Crippen molar-refractivity contribution in [1.82, 2.24) is 29.7 Å². The number of aromatic nitrogens is 4. The Morgan fingerprint density at radius 1 is 1.12 bits per heavy atom. The number of nitrogen functional groups attached to an aromatic ring is 1. The van der Waals surface area contributed by atoms with Crippen molar-refractivity contribution in [2.45, 2.75) is 31.0 Å². The first-order valence-corrected chi connectivity index (χ1v) is 10.6. The normalized spacial score (nSPS) is 23.4. The Balaban J connectivity index is 1.26. The predicted molar refractivity (Wildman–Crippen MR) is 118 cm³/mol. The monoisotopic (exact) mass is 443 g/mol. The molecule has 0 amide bonds. The summed E-state index contributed by atoms with van der Waals surface area (Å²) < 4.78 is 7.56. The summed E-state index contributed by atoms with van der Waals surface area (Å²) in [7, 11) is 1.94. The molecule has 0 saturated carbocycles. The van der Waals surface area contributed by atoms with E-state index in [9.17, 15) is 15.3 Å². The lowest BCUT2D eigenvalue weighted by Crippen LogP contribution is -2.40. The maximum Gasteiger partial charge on any atom is 0.167 e. The fraction of sp³-hybridized carbons (Fsp3) is 0.476. The molecule has 0 radical (unpaired) electrons. The third kappa shape index (κ3) is 4.81. The van der Waals surface area contributed by atoms with Crippen molar-refractivity contribution in [2.75, 3.05) is 39.0 Å². The lowest BCUT2D eigenvalue weighted by Gasteiger charge is -2.23. The number of hydrogen-bond donors (Lipinski definition) is 5. The van der Waals surface area contributed by atoms with Crippen LogP contribution in [0.1, 0.15) is 11.8 Å². The Labute approximate surface area is 185 Å². The highest BCUT2D eigenvalue weighted by Crippen LogP contribution is 2.32. The highest BCUT2D eigenvalue weighted by Gasteiger charge is 2.44. The quantitative estimate of drug-likeness (QED) is 0.273. The predicted octanol–water partition coefficient (Wildman–Crippen LogP) is -0.503. The number of anilines is 1. The summed E-state index contributed by atoms with van der Waals surface area (Å²) in [6.45, 7) is 2.80. The Hall–Kier alpha value is -2.83. The van der Waals surface area contributed by atoms with E-state index in [4.69, 9.17) is 10.5 Å². The molecule has 4 rings (SSSR count). The van der Waals surface area contributed by atoms with Crippen LogP contribution in [0.2, 0.25) is 0 Å². The zero-order chi connectivity index (χ0) is 22.7. The van der Waals surface area contributed by atoms with Crippen molar-refractivity contribution in [3.8, 4) is 5.75 Å². The average Bonchev–Trinajstić information content (AvgIpc) is 3.32. The zero-order valence-corrected chi connectivity index (χ0v) is 17.9. The van der Waals surface area contributed by atoms with Crippen LogP contribution in [-0.2, 0) is 11.2 Å². The van der Waals surface area contributed by atoms with Crippen LogP contribution in [-0.4, -0.2) is 91.3 Å². The zero-order valence-electron chi connectivity index (χ0n) is 17.9. The lowest BCUT2D eigenvalue weighted by molar-refractivity contribution is -0.0420. The minimum absolute atomic E-state index is 0.246. The van der Waals surface area contributed by atoms with Gasteiger partial charge >= 0.3 is 0 Å². The lowest BCUT2D eigenvalue weighted by atomic mass is 10.1. The van der Waals surface area contributed by atoms with Crippen molar-refractivity contribution in [1.29, 1.82) is 0 Å². The van der Waals surface area contributed by atoms with E-state index < -0.39 is 24.5 Å².